The van der Waals surface area contributed by atoms with E-state index in [-0.39, 0.29) is 25.2 Å². The molecule has 0 saturated heterocycles. The lowest BCUT2D eigenvalue weighted by Gasteiger charge is -2.15. The van der Waals surface area contributed by atoms with Gasteiger partial charge in [-0.2, -0.15) is 0 Å². The molecule has 0 amide bonds. The quantitative estimate of drug-likeness (QED) is 0.0390. The highest BCUT2D eigenvalue weighted by molar-refractivity contribution is 5.70. The molecule has 0 aromatic rings. The van der Waals surface area contributed by atoms with E-state index in [0.717, 1.165) is 70.6 Å². The van der Waals surface area contributed by atoms with Crippen LogP contribution < -0.4 is 0 Å². The fourth-order valence-corrected chi connectivity index (χ4v) is 5.68. The molecule has 5 nitrogen and oxygen atoms in total. The number of aliphatic hydroxyl groups is 1. The summed E-state index contributed by atoms with van der Waals surface area (Å²) in [5.41, 5.74) is 0. The first-order chi connectivity index (χ1) is 25.6. The van der Waals surface area contributed by atoms with Crippen LogP contribution in [0.2, 0.25) is 0 Å². The topological polar surface area (TPSA) is 72.8 Å². The Bertz CT molecular complexity index is 957. The third-order valence-corrected chi connectivity index (χ3v) is 8.97. The number of carbonyl (C=O) groups is 2. The number of rotatable bonds is 38. The number of ether oxygens (including phenoxy) is 2. The monoisotopic (exact) mass is 725 g/mol. The van der Waals surface area contributed by atoms with Crippen molar-refractivity contribution in [3.05, 3.63) is 72.9 Å². The van der Waals surface area contributed by atoms with Gasteiger partial charge >= 0.3 is 11.9 Å². The van der Waals surface area contributed by atoms with Gasteiger partial charge in [-0.1, -0.05) is 164 Å². The molecule has 0 fully saturated rings. The number of esters is 2. The van der Waals surface area contributed by atoms with Crippen molar-refractivity contribution in [3.63, 3.8) is 0 Å². The standard InChI is InChI=1S/C47H80O5/c1-3-5-7-9-11-13-15-17-19-21-23-25-27-29-31-33-35-37-39-41-46(49)51-44-45(43-48)52-47(50)42-40-38-36-34-32-30-28-26-24-22-20-18-16-14-12-10-8-6-4-2/h11-14,17-20,24,26,30,32,45,48H,3-10,15-16,21-23,25,27-29,31,33-44H2,1-2H3/t45-/m0/s1. The van der Waals surface area contributed by atoms with Crippen LogP contribution in [0, 0.1) is 0 Å². The average molecular weight is 725 g/mol. The molecule has 0 spiro atoms. The lowest BCUT2D eigenvalue weighted by molar-refractivity contribution is -0.161. The minimum atomic E-state index is -0.793. The predicted octanol–water partition coefficient (Wildman–Crippen LogP) is 13.7. The van der Waals surface area contributed by atoms with E-state index >= 15 is 0 Å². The summed E-state index contributed by atoms with van der Waals surface area (Å²) < 4.78 is 10.6. The van der Waals surface area contributed by atoms with E-state index in [1.807, 2.05) is 0 Å². The third-order valence-electron chi connectivity index (χ3n) is 8.97. The molecule has 0 heterocycles. The maximum atomic E-state index is 12.2. The summed E-state index contributed by atoms with van der Waals surface area (Å²) in [6.45, 7) is 4.05. The fourth-order valence-electron chi connectivity index (χ4n) is 5.68. The van der Waals surface area contributed by atoms with Crippen LogP contribution in [-0.2, 0) is 19.1 Å². The zero-order chi connectivity index (χ0) is 37.8. The Morgan fingerprint density at radius 2 is 0.769 bits per heavy atom. The first kappa shape index (κ1) is 49.3. The SMILES string of the molecule is CCCCCC=CCC=CCC=CCC=CCCCCCC(=O)O[C@@H](CO)COC(=O)CCCCCCCCCCCC=CCC=CCCCCC. The van der Waals surface area contributed by atoms with E-state index in [9.17, 15) is 14.7 Å². The highest BCUT2D eigenvalue weighted by Crippen LogP contribution is 2.13. The molecule has 0 aliphatic carbocycles. The van der Waals surface area contributed by atoms with Gasteiger partial charge in [0.1, 0.15) is 6.61 Å². The lowest BCUT2D eigenvalue weighted by atomic mass is 10.1. The average Bonchev–Trinajstić information content (AvgIpc) is 3.15. The van der Waals surface area contributed by atoms with Gasteiger partial charge in [0, 0.05) is 12.8 Å². The second-order valence-corrected chi connectivity index (χ2v) is 14.1. The van der Waals surface area contributed by atoms with Gasteiger partial charge in [0.15, 0.2) is 6.10 Å². The van der Waals surface area contributed by atoms with E-state index in [2.05, 4.69) is 86.8 Å². The van der Waals surface area contributed by atoms with Gasteiger partial charge in [-0.3, -0.25) is 9.59 Å². The second-order valence-electron chi connectivity index (χ2n) is 14.1. The highest BCUT2D eigenvalue weighted by atomic mass is 16.6. The first-order valence-electron chi connectivity index (χ1n) is 21.5. The van der Waals surface area contributed by atoms with Crippen LogP contribution in [0.3, 0.4) is 0 Å². The minimum Gasteiger partial charge on any atom is -0.462 e. The van der Waals surface area contributed by atoms with Crippen molar-refractivity contribution in [2.45, 2.75) is 200 Å². The van der Waals surface area contributed by atoms with Gasteiger partial charge in [-0.15, -0.1) is 0 Å². The molecule has 1 atom stereocenters. The largest absolute Gasteiger partial charge is 0.462 e. The first-order valence-corrected chi connectivity index (χ1v) is 21.5. The van der Waals surface area contributed by atoms with Crippen LogP contribution in [-0.4, -0.2) is 36.4 Å². The number of aliphatic hydroxyl groups excluding tert-OH is 1. The summed E-state index contributed by atoms with van der Waals surface area (Å²) in [6, 6.07) is 0. The van der Waals surface area contributed by atoms with Gasteiger partial charge in [0.05, 0.1) is 6.61 Å². The van der Waals surface area contributed by atoms with Crippen LogP contribution >= 0.6 is 0 Å². The van der Waals surface area contributed by atoms with Gasteiger partial charge < -0.3 is 14.6 Å². The number of carbonyl (C=O) groups excluding carboxylic acids is 2. The smallest absolute Gasteiger partial charge is 0.306 e. The van der Waals surface area contributed by atoms with Crippen molar-refractivity contribution in [1.29, 1.82) is 0 Å². The van der Waals surface area contributed by atoms with E-state index < -0.39 is 6.10 Å². The Labute approximate surface area is 321 Å². The zero-order valence-electron chi connectivity index (χ0n) is 33.8. The number of unbranched alkanes of at least 4 members (excludes halogenated alkanes) is 18. The molecular weight excluding hydrogens is 645 g/mol. The van der Waals surface area contributed by atoms with Crippen LogP contribution in [0.15, 0.2) is 72.9 Å². The molecule has 0 aromatic carbocycles. The van der Waals surface area contributed by atoms with E-state index in [1.165, 1.54) is 96.3 Å². The Hall–Kier alpha value is -2.66. The van der Waals surface area contributed by atoms with Gasteiger partial charge in [-0.25, -0.2) is 0 Å². The summed E-state index contributed by atoms with van der Waals surface area (Å²) in [6.07, 6.45) is 56.8. The van der Waals surface area contributed by atoms with Crippen molar-refractivity contribution in [1.82, 2.24) is 0 Å². The van der Waals surface area contributed by atoms with E-state index in [1.54, 1.807) is 0 Å². The van der Waals surface area contributed by atoms with E-state index in [0.29, 0.717) is 12.8 Å². The van der Waals surface area contributed by atoms with Crippen LogP contribution in [0.5, 0.6) is 0 Å². The third kappa shape index (κ3) is 40.1. The van der Waals surface area contributed by atoms with E-state index in [4.69, 9.17) is 9.47 Å². The maximum absolute atomic E-state index is 12.2. The van der Waals surface area contributed by atoms with Crippen LogP contribution in [0.4, 0.5) is 0 Å². The number of allylic oxidation sites excluding steroid dienone is 12. The normalized spacial score (nSPS) is 12.9. The van der Waals surface area contributed by atoms with Crippen molar-refractivity contribution < 1.29 is 24.2 Å². The molecule has 52 heavy (non-hydrogen) atoms. The second kappa shape index (κ2) is 42.8. The Morgan fingerprint density at radius 3 is 1.17 bits per heavy atom. The van der Waals surface area contributed by atoms with Gasteiger partial charge in [0.2, 0.25) is 0 Å². The molecule has 0 rings (SSSR count). The minimum absolute atomic E-state index is 0.0842. The molecule has 0 saturated carbocycles. The van der Waals surface area contributed by atoms with Gasteiger partial charge in [-0.05, 0) is 89.9 Å². The van der Waals surface area contributed by atoms with Gasteiger partial charge in [0.25, 0.3) is 0 Å². The van der Waals surface area contributed by atoms with Crippen molar-refractivity contribution in [2.24, 2.45) is 0 Å². The Morgan fingerprint density at radius 1 is 0.442 bits per heavy atom. The zero-order valence-corrected chi connectivity index (χ0v) is 33.8. The van der Waals surface area contributed by atoms with Crippen molar-refractivity contribution in [2.75, 3.05) is 13.2 Å². The maximum Gasteiger partial charge on any atom is 0.306 e. The Kier molecular flexibility index (Phi) is 40.6. The highest BCUT2D eigenvalue weighted by Gasteiger charge is 2.16. The molecule has 0 bridgehead atoms. The Balaban J connectivity index is 3.63. The molecule has 0 aliphatic heterocycles. The summed E-state index contributed by atoms with van der Waals surface area (Å²) in [5.74, 6) is -0.635. The summed E-state index contributed by atoms with van der Waals surface area (Å²) in [5, 5.41) is 9.58. The summed E-state index contributed by atoms with van der Waals surface area (Å²) in [4.78, 5) is 24.3. The van der Waals surface area contributed by atoms with Crippen molar-refractivity contribution in [3.8, 4) is 0 Å². The predicted molar refractivity (Wildman–Crippen MR) is 223 cm³/mol. The van der Waals surface area contributed by atoms with Crippen LogP contribution in [0.25, 0.3) is 0 Å². The number of hydrogen-bond acceptors (Lipinski definition) is 5. The molecule has 0 radical (unpaired) electrons. The molecule has 0 aromatic heterocycles. The van der Waals surface area contributed by atoms with Crippen molar-refractivity contribution >= 4 is 11.9 Å². The molecule has 0 unspecified atom stereocenters. The molecular formula is C47H80O5. The summed E-state index contributed by atoms with van der Waals surface area (Å²) >= 11 is 0. The molecule has 0 aliphatic rings. The molecule has 1 N–H and O–H groups in total. The van der Waals surface area contributed by atoms with Crippen LogP contribution in [0.1, 0.15) is 194 Å². The molecule has 5 heteroatoms. The molecule has 298 valence electrons. The number of hydrogen-bond donors (Lipinski definition) is 1. The lowest BCUT2D eigenvalue weighted by Crippen LogP contribution is -2.28. The summed E-state index contributed by atoms with van der Waals surface area (Å²) in [7, 11) is 0. The fraction of sp³-hybridized carbons (Fsp3) is 0.702.